The van der Waals surface area contributed by atoms with Gasteiger partial charge in [-0.1, -0.05) is 24.2 Å². The average molecular weight is 538 g/mol. The lowest BCUT2D eigenvalue weighted by atomic mass is 9.97. The lowest BCUT2D eigenvalue weighted by molar-refractivity contribution is -0.274. The van der Waals surface area contributed by atoms with Gasteiger partial charge in [0.25, 0.3) is 0 Å². The highest BCUT2D eigenvalue weighted by atomic mass is 35.5. The molecular weight excluding hydrogens is 511 g/mol. The highest BCUT2D eigenvalue weighted by Crippen LogP contribution is 2.35. The zero-order valence-electron chi connectivity index (χ0n) is 20.7. The molecular formula is C26H27ClF3N3O4. The number of rotatable bonds is 10. The Hall–Kier alpha value is -3.50. The van der Waals surface area contributed by atoms with Crippen LogP contribution >= 0.6 is 11.6 Å². The van der Waals surface area contributed by atoms with E-state index in [2.05, 4.69) is 21.7 Å². The van der Waals surface area contributed by atoms with E-state index in [4.69, 9.17) is 21.4 Å². The predicted octanol–water partition coefficient (Wildman–Crippen LogP) is 6.12. The monoisotopic (exact) mass is 537 g/mol. The fraction of sp³-hybridized carbons (Fsp3) is 0.308. The Labute approximate surface area is 217 Å². The summed E-state index contributed by atoms with van der Waals surface area (Å²) in [4.78, 5) is 11.1. The minimum atomic E-state index is -4.81. The van der Waals surface area contributed by atoms with Gasteiger partial charge in [0, 0.05) is 29.9 Å². The van der Waals surface area contributed by atoms with Crippen LogP contribution in [0.3, 0.4) is 0 Å². The molecule has 0 amide bonds. The molecule has 2 N–H and O–H groups in total. The van der Waals surface area contributed by atoms with Crippen molar-refractivity contribution in [2.24, 2.45) is 0 Å². The van der Waals surface area contributed by atoms with Crippen LogP contribution in [-0.4, -0.2) is 40.4 Å². The molecule has 0 aliphatic heterocycles. The number of allylic oxidation sites excluding steroid dienone is 1. The molecule has 0 bridgehead atoms. The quantitative estimate of drug-likeness (QED) is 0.324. The minimum absolute atomic E-state index is 0.222. The van der Waals surface area contributed by atoms with Crippen LogP contribution in [0.1, 0.15) is 42.3 Å². The number of hydrogen-bond acceptors (Lipinski definition) is 5. The number of aromatic nitrogens is 2. The van der Waals surface area contributed by atoms with Crippen molar-refractivity contribution in [3.8, 4) is 17.2 Å². The summed E-state index contributed by atoms with van der Waals surface area (Å²) in [5.41, 5.74) is 3.92. The van der Waals surface area contributed by atoms with Crippen molar-refractivity contribution < 1.29 is 32.5 Å². The summed E-state index contributed by atoms with van der Waals surface area (Å²) < 4.78 is 49.4. The number of ether oxygens (including phenoxy) is 2. The zero-order chi connectivity index (χ0) is 27.5. The summed E-state index contributed by atoms with van der Waals surface area (Å²) in [5, 5.41) is 17.1. The van der Waals surface area contributed by atoms with Gasteiger partial charge >= 0.3 is 12.3 Å². The first-order valence-corrected chi connectivity index (χ1v) is 11.6. The molecule has 37 heavy (non-hydrogen) atoms. The van der Waals surface area contributed by atoms with Crippen molar-refractivity contribution in [3.63, 3.8) is 0 Å². The highest BCUT2D eigenvalue weighted by molar-refractivity contribution is 6.32. The van der Waals surface area contributed by atoms with Gasteiger partial charge in [0.15, 0.2) is 6.10 Å². The van der Waals surface area contributed by atoms with Gasteiger partial charge < -0.3 is 19.9 Å². The van der Waals surface area contributed by atoms with Crippen LogP contribution in [0.5, 0.6) is 11.5 Å². The fourth-order valence-electron chi connectivity index (χ4n) is 3.90. The van der Waals surface area contributed by atoms with E-state index >= 15 is 0 Å². The number of nitrogens with zero attached hydrogens (tertiary/aromatic N) is 2. The summed E-state index contributed by atoms with van der Waals surface area (Å²) in [7, 11) is 1.79. The van der Waals surface area contributed by atoms with Gasteiger partial charge in [-0.05, 0) is 74.9 Å². The van der Waals surface area contributed by atoms with E-state index in [0.717, 1.165) is 16.8 Å². The van der Waals surface area contributed by atoms with Gasteiger partial charge in [-0.25, -0.2) is 9.48 Å². The van der Waals surface area contributed by atoms with E-state index in [1.54, 1.807) is 30.9 Å². The number of carboxylic acids is 1. The topological polar surface area (TPSA) is 85.6 Å². The number of carbonyl (C=O) groups is 1. The van der Waals surface area contributed by atoms with Crippen molar-refractivity contribution in [2.45, 2.75) is 45.7 Å². The Bertz CT molecular complexity index is 1310. The third-order valence-corrected chi connectivity index (χ3v) is 6.26. The Morgan fingerprint density at radius 1 is 1.27 bits per heavy atom. The van der Waals surface area contributed by atoms with Crippen LogP contribution in [0.2, 0.25) is 5.02 Å². The molecule has 7 nitrogen and oxygen atoms in total. The van der Waals surface area contributed by atoms with Gasteiger partial charge in [-0.15, -0.1) is 13.2 Å². The molecule has 0 saturated heterocycles. The molecule has 2 aromatic carbocycles. The number of hydrogen-bond donors (Lipinski definition) is 2. The fourth-order valence-corrected chi connectivity index (χ4v) is 4.12. The Balaban J connectivity index is 1.94. The maximum Gasteiger partial charge on any atom is 0.573 e. The Kier molecular flexibility index (Phi) is 8.55. The van der Waals surface area contributed by atoms with Crippen LogP contribution in [0, 0.1) is 6.92 Å². The molecule has 1 aromatic heterocycles. The zero-order valence-corrected chi connectivity index (χ0v) is 21.4. The highest BCUT2D eigenvalue weighted by Gasteiger charge is 2.31. The van der Waals surface area contributed by atoms with Gasteiger partial charge in [-0.2, -0.15) is 5.10 Å². The summed E-state index contributed by atoms with van der Waals surface area (Å²) in [6.07, 6.45) is -3.81. The van der Waals surface area contributed by atoms with Gasteiger partial charge in [0.1, 0.15) is 11.5 Å². The van der Waals surface area contributed by atoms with Crippen LogP contribution in [-0.2, 0) is 11.2 Å². The first-order valence-electron chi connectivity index (χ1n) is 11.3. The van der Waals surface area contributed by atoms with Crippen molar-refractivity contribution in [2.75, 3.05) is 7.05 Å². The number of alkyl halides is 3. The molecule has 0 aliphatic rings. The first-order chi connectivity index (χ1) is 17.3. The van der Waals surface area contributed by atoms with Crippen LogP contribution in [0.15, 0.2) is 49.2 Å². The lowest BCUT2D eigenvalue weighted by Gasteiger charge is -2.22. The van der Waals surface area contributed by atoms with E-state index in [0.29, 0.717) is 28.3 Å². The largest absolute Gasteiger partial charge is 0.573 e. The number of likely N-dealkylation sites (N-methyl/N-ethyl adjacent to an activating group) is 1. The standard InChI is InChI=1S/C26H27ClF3N3O4/c1-14(2)20-13-18(37-26(28,29)30)6-8-22(20)33-17(10-11-32-33)12-21(31-5)19-7-9-23(24(27)15(19)3)36-16(4)25(34)35/h6-11,13,16,21,31H,1,12H2,2-5H3,(H,34,35). The first kappa shape index (κ1) is 28.1. The van der Waals surface area contributed by atoms with Crippen molar-refractivity contribution >= 4 is 23.1 Å². The molecule has 0 fully saturated rings. The second-order valence-corrected chi connectivity index (χ2v) is 8.86. The van der Waals surface area contributed by atoms with E-state index in [1.807, 2.05) is 19.1 Å². The maximum atomic E-state index is 12.7. The third kappa shape index (κ3) is 6.64. The summed E-state index contributed by atoms with van der Waals surface area (Å²) in [5.74, 6) is -1.18. The number of carboxylic acid groups (broad SMARTS) is 1. The molecule has 0 saturated carbocycles. The predicted molar refractivity (Wildman–Crippen MR) is 134 cm³/mol. The molecule has 2 unspecified atom stereocenters. The normalized spacial score (nSPS) is 13.2. The molecule has 0 radical (unpaired) electrons. The molecule has 2 atom stereocenters. The molecule has 11 heteroatoms. The van der Waals surface area contributed by atoms with E-state index in [-0.39, 0.29) is 17.5 Å². The van der Waals surface area contributed by atoms with E-state index in [1.165, 1.54) is 25.1 Å². The van der Waals surface area contributed by atoms with Crippen LogP contribution in [0.4, 0.5) is 13.2 Å². The number of halogens is 4. The molecule has 0 aliphatic carbocycles. The Morgan fingerprint density at radius 2 is 1.97 bits per heavy atom. The second kappa shape index (κ2) is 11.3. The molecule has 1 heterocycles. The van der Waals surface area contributed by atoms with Crippen molar-refractivity contribution in [1.82, 2.24) is 15.1 Å². The number of aliphatic carboxylic acids is 1. The van der Waals surface area contributed by atoms with E-state index < -0.39 is 18.4 Å². The van der Waals surface area contributed by atoms with Crippen molar-refractivity contribution in [1.29, 1.82) is 0 Å². The smallest absolute Gasteiger partial charge is 0.479 e. The molecule has 3 rings (SSSR count). The molecule has 3 aromatic rings. The van der Waals surface area contributed by atoms with Crippen molar-refractivity contribution in [3.05, 3.63) is 76.6 Å². The molecule has 0 spiro atoms. The average Bonchev–Trinajstić information content (AvgIpc) is 3.27. The summed E-state index contributed by atoms with van der Waals surface area (Å²) in [6.45, 7) is 8.82. The molecule has 198 valence electrons. The Morgan fingerprint density at radius 3 is 2.57 bits per heavy atom. The lowest BCUT2D eigenvalue weighted by Crippen LogP contribution is -2.24. The third-order valence-electron chi connectivity index (χ3n) is 5.79. The maximum absolute atomic E-state index is 12.7. The SMILES string of the molecule is C=C(C)c1cc(OC(F)(F)F)ccc1-n1nccc1CC(NC)c1ccc(OC(C)C(=O)O)c(Cl)c1C. The summed E-state index contributed by atoms with van der Waals surface area (Å²) >= 11 is 6.51. The second-order valence-electron chi connectivity index (χ2n) is 8.48. The van der Waals surface area contributed by atoms with Gasteiger partial charge in [-0.3, -0.25) is 0 Å². The van der Waals surface area contributed by atoms with Gasteiger partial charge in [0.2, 0.25) is 0 Å². The summed E-state index contributed by atoms with van der Waals surface area (Å²) in [6, 6.07) is 9.06. The van der Waals surface area contributed by atoms with Crippen LogP contribution in [0.25, 0.3) is 11.3 Å². The minimum Gasteiger partial charge on any atom is -0.479 e. The number of nitrogens with one attached hydrogen (secondary N) is 1. The van der Waals surface area contributed by atoms with Gasteiger partial charge in [0.05, 0.1) is 10.7 Å². The van der Waals surface area contributed by atoms with E-state index in [9.17, 15) is 18.0 Å². The number of benzene rings is 2. The van der Waals surface area contributed by atoms with Crippen LogP contribution < -0.4 is 14.8 Å².